The highest BCUT2D eigenvalue weighted by Crippen LogP contribution is 2.16. The molecular formula is C16H16FN3OS2. The van der Waals surface area contributed by atoms with Crippen molar-refractivity contribution in [3.05, 3.63) is 63.6 Å². The minimum atomic E-state index is -0.302. The standard InChI is InChI=1S/C16H16FN3OS2/c1-11-8-9-23-14(11)6-7-15(21)19-20-16(22)18-10-12-2-4-13(17)5-3-12/h2-9H,10H2,1H3,(H,19,21)(H2,18,20,22)/b7-6+. The summed E-state index contributed by atoms with van der Waals surface area (Å²) in [6, 6.07) is 8.08. The summed E-state index contributed by atoms with van der Waals surface area (Å²) in [7, 11) is 0. The van der Waals surface area contributed by atoms with Crippen molar-refractivity contribution in [2.45, 2.75) is 13.5 Å². The monoisotopic (exact) mass is 349 g/mol. The normalized spacial score (nSPS) is 10.5. The van der Waals surface area contributed by atoms with Crippen LogP contribution >= 0.6 is 23.6 Å². The van der Waals surface area contributed by atoms with Crippen molar-refractivity contribution in [2.24, 2.45) is 0 Å². The zero-order chi connectivity index (χ0) is 16.7. The summed E-state index contributed by atoms with van der Waals surface area (Å²) in [5, 5.41) is 5.17. The lowest BCUT2D eigenvalue weighted by atomic mass is 10.2. The lowest BCUT2D eigenvalue weighted by Crippen LogP contribution is -2.45. The van der Waals surface area contributed by atoms with E-state index in [2.05, 4.69) is 16.2 Å². The zero-order valence-electron chi connectivity index (χ0n) is 12.4. The lowest BCUT2D eigenvalue weighted by molar-refractivity contribution is -0.116. The number of amides is 1. The number of nitrogens with one attached hydrogen (secondary N) is 3. The molecule has 0 bridgehead atoms. The Morgan fingerprint density at radius 3 is 2.65 bits per heavy atom. The molecule has 2 rings (SSSR count). The van der Waals surface area contributed by atoms with Gasteiger partial charge in [0.05, 0.1) is 0 Å². The highest BCUT2D eigenvalue weighted by molar-refractivity contribution is 7.80. The molecule has 7 heteroatoms. The number of aryl methyl sites for hydroxylation is 1. The van der Waals surface area contributed by atoms with Crippen LogP contribution in [0.1, 0.15) is 16.0 Å². The van der Waals surface area contributed by atoms with Gasteiger partial charge < -0.3 is 5.32 Å². The predicted octanol–water partition coefficient (Wildman–Crippen LogP) is 2.90. The number of carbonyl (C=O) groups is 1. The Morgan fingerprint density at radius 2 is 2.00 bits per heavy atom. The van der Waals surface area contributed by atoms with E-state index < -0.39 is 0 Å². The van der Waals surface area contributed by atoms with E-state index in [1.807, 2.05) is 18.4 Å². The molecule has 23 heavy (non-hydrogen) atoms. The molecule has 120 valence electrons. The van der Waals surface area contributed by atoms with Crippen LogP contribution in [0.2, 0.25) is 0 Å². The van der Waals surface area contributed by atoms with Crippen LogP contribution < -0.4 is 16.2 Å². The van der Waals surface area contributed by atoms with E-state index >= 15 is 0 Å². The second-order valence-electron chi connectivity index (χ2n) is 4.72. The van der Waals surface area contributed by atoms with Crippen molar-refractivity contribution in [3.8, 4) is 0 Å². The van der Waals surface area contributed by atoms with Gasteiger partial charge in [0.25, 0.3) is 5.91 Å². The van der Waals surface area contributed by atoms with E-state index in [-0.39, 0.29) is 16.8 Å². The second kappa shape index (κ2) is 8.40. The minimum Gasteiger partial charge on any atom is -0.357 e. The number of benzene rings is 1. The van der Waals surface area contributed by atoms with Crippen LogP contribution in [0, 0.1) is 12.7 Å². The molecule has 0 spiro atoms. The van der Waals surface area contributed by atoms with Crippen molar-refractivity contribution in [1.29, 1.82) is 0 Å². The van der Waals surface area contributed by atoms with E-state index in [4.69, 9.17) is 12.2 Å². The van der Waals surface area contributed by atoms with Crippen LogP contribution in [0.15, 0.2) is 41.8 Å². The molecule has 1 heterocycles. The summed E-state index contributed by atoms with van der Waals surface area (Å²) in [5.74, 6) is -0.585. The second-order valence-corrected chi connectivity index (χ2v) is 6.08. The fourth-order valence-corrected chi connectivity index (χ4v) is 2.64. The fourth-order valence-electron chi connectivity index (χ4n) is 1.70. The molecule has 0 saturated carbocycles. The van der Waals surface area contributed by atoms with Gasteiger partial charge in [0.2, 0.25) is 0 Å². The van der Waals surface area contributed by atoms with Gasteiger partial charge in [-0.25, -0.2) is 4.39 Å². The van der Waals surface area contributed by atoms with Crippen molar-refractivity contribution in [1.82, 2.24) is 16.2 Å². The highest BCUT2D eigenvalue weighted by Gasteiger charge is 2.00. The molecule has 0 aliphatic carbocycles. The summed E-state index contributed by atoms with van der Waals surface area (Å²) in [5.41, 5.74) is 7.09. The molecule has 1 aromatic carbocycles. The molecule has 0 fully saturated rings. The number of carbonyl (C=O) groups excluding carboxylic acids is 1. The summed E-state index contributed by atoms with van der Waals surface area (Å²) < 4.78 is 12.8. The average Bonchev–Trinajstić information content (AvgIpc) is 2.95. The maximum absolute atomic E-state index is 12.8. The molecule has 4 nitrogen and oxygen atoms in total. The van der Waals surface area contributed by atoms with Gasteiger partial charge in [-0.2, -0.15) is 0 Å². The van der Waals surface area contributed by atoms with Crippen LogP contribution in [-0.4, -0.2) is 11.0 Å². The third-order valence-corrected chi connectivity index (χ3v) is 4.18. The highest BCUT2D eigenvalue weighted by atomic mass is 32.1. The molecule has 0 radical (unpaired) electrons. The van der Waals surface area contributed by atoms with Crippen LogP contribution in [0.3, 0.4) is 0 Å². The van der Waals surface area contributed by atoms with Crippen molar-refractivity contribution in [2.75, 3.05) is 0 Å². The van der Waals surface area contributed by atoms with Gasteiger partial charge >= 0.3 is 0 Å². The van der Waals surface area contributed by atoms with Crippen LogP contribution in [-0.2, 0) is 11.3 Å². The Hall–Kier alpha value is -2.25. The first-order chi connectivity index (χ1) is 11.0. The van der Waals surface area contributed by atoms with Gasteiger partial charge in [-0.05, 0) is 59.9 Å². The molecule has 2 aromatic rings. The molecule has 0 saturated heterocycles. The maximum Gasteiger partial charge on any atom is 0.262 e. The number of halogens is 1. The summed E-state index contributed by atoms with van der Waals surface area (Å²) in [4.78, 5) is 12.7. The summed E-state index contributed by atoms with van der Waals surface area (Å²) in [6.07, 6.45) is 3.19. The van der Waals surface area contributed by atoms with Gasteiger partial charge in [0.15, 0.2) is 5.11 Å². The van der Waals surface area contributed by atoms with Crippen molar-refractivity contribution >= 4 is 40.7 Å². The van der Waals surface area contributed by atoms with Gasteiger partial charge in [-0.1, -0.05) is 12.1 Å². The SMILES string of the molecule is Cc1ccsc1/C=C/C(=O)NNC(=S)NCc1ccc(F)cc1. The molecule has 3 N–H and O–H groups in total. The largest absolute Gasteiger partial charge is 0.357 e. The minimum absolute atomic E-state index is 0.281. The van der Waals surface area contributed by atoms with E-state index in [9.17, 15) is 9.18 Å². The molecule has 0 aliphatic heterocycles. The van der Waals surface area contributed by atoms with Gasteiger partial charge in [-0.15, -0.1) is 11.3 Å². The Balaban J connectivity index is 1.71. The number of hydrazine groups is 1. The maximum atomic E-state index is 12.8. The van der Waals surface area contributed by atoms with E-state index in [0.717, 1.165) is 16.0 Å². The van der Waals surface area contributed by atoms with E-state index in [1.54, 1.807) is 29.5 Å². The Morgan fingerprint density at radius 1 is 1.26 bits per heavy atom. The molecule has 0 atom stereocenters. The Kier molecular flexibility index (Phi) is 6.25. The molecule has 0 aliphatic rings. The van der Waals surface area contributed by atoms with Gasteiger partial charge in [0, 0.05) is 17.5 Å². The van der Waals surface area contributed by atoms with Crippen LogP contribution in [0.4, 0.5) is 4.39 Å². The number of thiocarbonyl (C=S) groups is 1. The van der Waals surface area contributed by atoms with E-state index in [1.165, 1.54) is 18.2 Å². The molecule has 1 aromatic heterocycles. The summed E-state index contributed by atoms with van der Waals surface area (Å²) >= 11 is 6.62. The van der Waals surface area contributed by atoms with Crippen LogP contribution in [0.5, 0.6) is 0 Å². The van der Waals surface area contributed by atoms with Gasteiger partial charge in [-0.3, -0.25) is 15.6 Å². The Labute approximate surface area is 143 Å². The van der Waals surface area contributed by atoms with Crippen LogP contribution in [0.25, 0.3) is 6.08 Å². The topological polar surface area (TPSA) is 53.2 Å². The number of hydrogen-bond acceptors (Lipinski definition) is 3. The third-order valence-electron chi connectivity index (χ3n) is 2.95. The number of rotatable bonds is 4. The quantitative estimate of drug-likeness (QED) is 0.451. The van der Waals surface area contributed by atoms with Gasteiger partial charge in [0.1, 0.15) is 5.82 Å². The Bertz CT molecular complexity index is 710. The smallest absolute Gasteiger partial charge is 0.262 e. The number of thiophene rings is 1. The first-order valence-corrected chi connectivity index (χ1v) is 8.14. The fraction of sp³-hybridized carbons (Fsp3) is 0.125. The molecule has 0 unspecified atom stereocenters. The zero-order valence-corrected chi connectivity index (χ0v) is 14.1. The third kappa shape index (κ3) is 5.80. The average molecular weight is 349 g/mol. The number of hydrogen-bond donors (Lipinski definition) is 3. The van der Waals surface area contributed by atoms with E-state index in [0.29, 0.717) is 6.54 Å². The van der Waals surface area contributed by atoms with Crippen molar-refractivity contribution in [3.63, 3.8) is 0 Å². The van der Waals surface area contributed by atoms with Crippen molar-refractivity contribution < 1.29 is 9.18 Å². The first kappa shape index (κ1) is 17.1. The summed E-state index contributed by atoms with van der Waals surface area (Å²) in [6.45, 7) is 2.42. The first-order valence-electron chi connectivity index (χ1n) is 6.85. The molecule has 1 amide bonds. The predicted molar refractivity (Wildman–Crippen MR) is 95.2 cm³/mol. The lowest BCUT2D eigenvalue weighted by Gasteiger charge is -2.10. The molecular weight excluding hydrogens is 333 g/mol.